The number of nitrogens with two attached hydrogens (primary N) is 1. The molecule has 2 N–H and O–H groups in total. The van der Waals surface area contributed by atoms with Crippen molar-refractivity contribution in [3.63, 3.8) is 0 Å². The van der Waals surface area contributed by atoms with Crippen molar-refractivity contribution in [3.8, 4) is 11.1 Å². The summed E-state index contributed by atoms with van der Waals surface area (Å²) in [6, 6.07) is 5.14. The largest absolute Gasteiger partial charge is 0.364 e. The number of benzene rings is 1. The molecule has 1 amide bonds. The Morgan fingerprint density at radius 1 is 1.28 bits per heavy atom. The molecule has 2 aromatic rings. The number of primary amides is 1. The summed E-state index contributed by atoms with van der Waals surface area (Å²) in [5.74, 6) is -0.633. The smallest absolute Gasteiger partial charge is 0.268 e. The molecule has 2 rings (SSSR count). The maximum atomic E-state index is 11.4. The quantitative estimate of drug-likeness (QED) is 0.920. The van der Waals surface area contributed by atoms with Gasteiger partial charge in [0.15, 0.2) is 0 Å². The molecule has 0 radical (unpaired) electrons. The Hall–Kier alpha value is -1.65. The Morgan fingerprint density at radius 3 is 2.67 bits per heavy atom. The van der Waals surface area contributed by atoms with Gasteiger partial charge in [0.2, 0.25) is 0 Å². The third-order valence-corrected chi connectivity index (χ3v) is 3.31. The van der Waals surface area contributed by atoms with E-state index in [0.29, 0.717) is 26.9 Å². The number of rotatable bonds is 2. The van der Waals surface area contributed by atoms with Gasteiger partial charge in [0.1, 0.15) is 12.0 Å². The maximum Gasteiger partial charge on any atom is 0.268 e. The van der Waals surface area contributed by atoms with Crippen LogP contribution in [0.15, 0.2) is 24.5 Å². The first-order valence-electron chi connectivity index (χ1n) is 5.08. The van der Waals surface area contributed by atoms with E-state index in [1.54, 1.807) is 25.1 Å². The second kappa shape index (κ2) is 4.92. The summed E-state index contributed by atoms with van der Waals surface area (Å²) < 4.78 is 0. The molecule has 92 valence electrons. The summed E-state index contributed by atoms with van der Waals surface area (Å²) in [7, 11) is 0. The molecule has 4 nitrogen and oxygen atoms in total. The van der Waals surface area contributed by atoms with Crippen molar-refractivity contribution in [2.24, 2.45) is 5.73 Å². The minimum absolute atomic E-state index is 0.131. The lowest BCUT2D eigenvalue weighted by Gasteiger charge is -2.11. The number of hydrogen-bond donors (Lipinski definition) is 1. The van der Waals surface area contributed by atoms with Crippen LogP contribution >= 0.6 is 23.2 Å². The summed E-state index contributed by atoms with van der Waals surface area (Å²) in [6.07, 6.45) is 1.29. The van der Waals surface area contributed by atoms with Crippen LogP contribution in [0.5, 0.6) is 0 Å². The highest BCUT2D eigenvalue weighted by atomic mass is 35.5. The Morgan fingerprint density at radius 2 is 2.00 bits per heavy atom. The van der Waals surface area contributed by atoms with Gasteiger partial charge in [-0.25, -0.2) is 9.97 Å². The fraction of sp³-hybridized carbons (Fsp3) is 0.0833. The van der Waals surface area contributed by atoms with Gasteiger partial charge < -0.3 is 5.73 Å². The Kier molecular flexibility index (Phi) is 3.50. The van der Waals surface area contributed by atoms with Crippen LogP contribution < -0.4 is 5.73 Å². The molecule has 0 saturated heterocycles. The molecule has 0 fully saturated rings. The second-order valence-corrected chi connectivity index (χ2v) is 4.43. The minimum atomic E-state index is -0.633. The van der Waals surface area contributed by atoms with Crippen LogP contribution in [-0.4, -0.2) is 15.9 Å². The number of hydrogen-bond acceptors (Lipinski definition) is 3. The normalized spacial score (nSPS) is 10.4. The summed E-state index contributed by atoms with van der Waals surface area (Å²) in [6.45, 7) is 1.75. The molecule has 1 heterocycles. The SMILES string of the molecule is Cc1ncnc(C(N)=O)c1-c1cccc(Cl)c1Cl. The minimum Gasteiger partial charge on any atom is -0.364 e. The Balaban J connectivity index is 2.78. The molecule has 0 saturated carbocycles. The standard InChI is InChI=1S/C12H9Cl2N3O/c1-6-9(11(12(15)18)17-5-16-6)7-3-2-4-8(13)10(7)14/h2-5H,1H3,(H2,15,18). The van der Waals surface area contributed by atoms with E-state index in [9.17, 15) is 4.79 Å². The zero-order valence-electron chi connectivity index (χ0n) is 9.45. The van der Waals surface area contributed by atoms with Crippen molar-refractivity contribution < 1.29 is 4.79 Å². The highest BCUT2D eigenvalue weighted by Gasteiger charge is 2.18. The van der Waals surface area contributed by atoms with Crippen molar-refractivity contribution in [3.05, 3.63) is 46.0 Å². The second-order valence-electron chi connectivity index (χ2n) is 3.65. The highest BCUT2D eigenvalue weighted by Crippen LogP contribution is 2.35. The van der Waals surface area contributed by atoms with E-state index in [0.717, 1.165) is 0 Å². The first kappa shape index (κ1) is 12.8. The van der Waals surface area contributed by atoms with Gasteiger partial charge in [-0.15, -0.1) is 0 Å². The van der Waals surface area contributed by atoms with E-state index in [-0.39, 0.29) is 5.69 Å². The Bertz CT molecular complexity index is 629. The zero-order chi connectivity index (χ0) is 13.3. The fourth-order valence-electron chi connectivity index (χ4n) is 1.68. The summed E-state index contributed by atoms with van der Waals surface area (Å²) in [4.78, 5) is 19.3. The van der Waals surface area contributed by atoms with Crippen LogP contribution in [-0.2, 0) is 0 Å². The molecule has 1 aromatic carbocycles. The fourth-order valence-corrected chi connectivity index (χ4v) is 2.07. The number of aromatic nitrogens is 2. The third kappa shape index (κ3) is 2.17. The van der Waals surface area contributed by atoms with E-state index in [2.05, 4.69) is 9.97 Å². The van der Waals surface area contributed by atoms with Crippen molar-refractivity contribution in [1.29, 1.82) is 0 Å². The van der Waals surface area contributed by atoms with Crippen LogP contribution in [0.25, 0.3) is 11.1 Å². The average Bonchev–Trinajstić information content (AvgIpc) is 2.33. The monoisotopic (exact) mass is 281 g/mol. The van der Waals surface area contributed by atoms with E-state index in [1.165, 1.54) is 6.33 Å². The van der Waals surface area contributed by atoms with Gasteiger partial charge in [0, 0.05) is 16.8 Å². The van der Waals surface area contributed by atoms with Crippen molar-refractivity contribution in [2.45, 2.75) is 6.92 Å². The van der Waals surface area contributed by atoms with E-state index in [4.69, 9.17) is 28.9 Å². The lowest BCUT2D eigenvalue weighted by molar-refractivity contribution is 0.0996. The van der Waals surface area contributed by atoms with Crippen molar-refractivity contribution >= 4 is 29.1 Å². The van der Waals surface area contributed by atoms with Crippen LogP contribution in [0.4, 0.5) is 0 Å². The highest BCUT2D eigenvalue weighted by molar-refractivity contribution is 6.43. The van der Waals surface area contributed by atoms with E-state index >= 15 is 0 Å². The molecule has 0 unspecified atom stereocenters. The van der Waals surface area contributed by atoms with Gasteiger partial charge in [-0.05, 0) is 13.0 Å². The predicted molar refractivity (Wildman–Crippen MR) is 70.7 cm³/mol. The molecule has 1 aromatic heterocycles. The van der Waals surface area contributed by atoms with Gasteiger partial charge in [0.05, 0.1) is 10.0 Å². The molecule has 0 spiro atoms. The maximum absolute atomic E-state index is 11.4. The summed E-state index contributed by atoms with van der Waals surface area (Å²) in [5, 5.41) is 0.743. The molecular weight excluding hydrogens is 273 g/mol. The Labute approximate surface area is 114 Å². The van der Waals surface area contributed by atoms with Crippen LogP contribution in [0.1, 0.15) is 16.2 Å². The van der Waals surface area contributed by atoms with Crippen LogP contribution in [0, 0.1) is 6.92 Å². The number of halogens is 2. The first-order valence-corrected chi connectivity index (χ1v) is 5.83. The van der Waals surface area contributed by atoms with Crippen LogP contribution in [0.2, 0.25) is 10.0 Å². The zero-order valence-corrected chi connectivity index (χ0v) is 11.0. The van der Waals surface area contributed by atoms with Gasteiger partial charge in [-0.1, -0.05) is 35.3 Å². The van der Waals surface area contributed by atoms with Gasteiger partial charge in [-0.2, -0.15) is 0 Å². The average molecular weight is 282 g/mol. The molecular formula is C12H9Cl2N3O. The first-order chi connectivity index (χ1) is 8.52. The summed E-state index contributed by atoms with van der Waals surface area (Å²) in [5.41, 5.74) is 7.15. The molecule has 0 atom stereocenters. The molecule has 6 heteroatoms. The molecule has 0 aliphatic carbocycles. The molecule has 0 aliphatic heterocycles. The van der Waals surface area contributed by atoms with Gasteiger partial charge in [-0.3, -0.25) is 4.79 Å². The number of carbonyl (C=O) groups excluding carboxylic acids is 1. The molecule has 0 bridgehead atoms. The van der Waals surface area contributed by atoms with Crippen molar-refractivity contribution in [2.75, 3.05) is 0 Å². The molecule has 0 aliphatic rings. The van der Waals surface area contributed by atoms with Gasteiger partial charge >= 0.3 is 0 Å². The number of carbonyl (C=O) groups is 1. The van der Waals surface area contributed by atoms with Crippen molar-refractivity contribution in [1.82, 2.24) is 9.97 Å². The van der Waals surface area contributed by atoms with E-state index < -0.39 is 5.91 Å². The topological polar surface area (TPSA) is 68.9 Å². The predicted octanol–water partition coefficient (Wildman–Crippen LogP) is 2.86. The van der Waals surface area contributed by atoms with Gasteiger partial charge in [0.25, 0.3) is 5.91 Å². The number of nitrogens with zero attached hydrogens (tertiary/aromatic N) is 2. The van der Waals surface area contributed by atoms with E-state index in [1.807, 2.05) is 0 Å². The number of amides is 1. The lowest BCUT2D eigenvalue weighted by atomic mass is 10.0. The molecule has 18 heavy (non-hydrogen) atoms. The van der Waals surface area contributed by atoms with Crippen LogP contribution in [0.3, 0.4) is 0 Å². The summed E-state index contributed by atoms with van der Waals surface area (Å²) >= 11 is 12.1. The lowest BCUT2D eigenvalue weighted by Crippen LogP contribution is -2.15. The number of aryl methyl sites for hydroxylation is 1. The third-order valence-electron chi connectivity index (χ3n) is 2.49.